The number of aromatic hydroxyl groups is 2. The monoisotopic (exact) mass is 253 g/mol. The molecule has 0 aliphatic rings. The van der Waals surface area contributed by atoms with E-state index in [0.29, 0.717) is 19.4 Å². The minimum atomic E-state index is -0.239. The summed E-state index contributed by atoms with van der Waals surface area (Å²) < 4.78 is 4.54. The summed E-state index contributed by atoms with van der Waals surface area (Å²) in [7, 11) is 1.37. The summed E-state index contributed by atoms with van der Waals surface area (Å²) in [5.74, 6) is -0.476. The second-order valence-corrected chi connectivity index (χ2v) is 4.21. The predicted molar refractivity (Wildman–Crippen MR) is 67.6 cm³/mol. The number of nitrogens with one attached hydrogen (secondary N) is 1. The SMILES string of the molecule is COC(=O)CCNC(C)Cc1ccc(O)c(O)c1. The summed E-state index contributed by atoms with van der Waals surface area (Å²) in [4.78, 5) is 10.9. The number of phenols is 2. The third kappa shape index (κ3) is 4.63. The van der Waals surface area contributed by atoms with Crippen LogP contribution in [0.4, 0.5) is 0 Å². The van der Waals surface area contributed by atoms with Crippen LogP contribution in [-0.4, -0.2) is 35.9 Å². The van der Waals surface area contributed by atoms with Gasteiger partial charge in [0.25, 0.3) is 0 Å². The van der Waals surface area contributed by atoms with Gasteiger partial charge in [0.1, 0.15) is 0 Å². The molecule has 100 valence electrons. The van der Waals surface area contributed by atoms with Crippen LogP contribution in [0.2, 0.25) is 0 Å². The predicted octanol–water partition coefficient (Wildman–Crippen LogP) is 1.18. The highest BCUT2D eigenvalue weighted by Gasteiger charge is 2.07. The van der Waals surface area contributed by atoms with Gasteiger partial charge in [0.15, 0.2) is 11.5 Å². The highest BCUT2D eigenvalue weighted by molar-refractivity contribution is 5.69. The number of phenolic OH excluding ortho intramolecular Hbond substituents is 2. The van der Waals surface area contributed by atoms with Gasteiger partial charge in [-0.2, -0.15) is 0 Å². The Morgan fingerprint density at radius 1 is 1.39 bits per heavy atom. The van der Waals surface area contributed by atoms with Gasteiger partial charge in [-0.1, -0.05) is 6.07 Å². The topological polar surface area (TPSA) is 78.8 Å². The van der Waals surface area contributed by atoms with Gasteiger partial charge in [-0.15, -0.1) is 0 Å². The third-order valence-corrected chi connectivity index (χ3v) is 2.63. The first-order chi connectivity index (χ1) is 8.52. The first-order valence-electron chi connectivity index (χ1n) is 5.84. The molecule has 0 heterocycles. The number of hydrogen-bond acceptors (Lipinski definition) is 5. The molecule has 0 aromatic heterocycles. The summed E-state index contributed by atoms with van der Waals surface area (Å²) in [6.45, 7) is 2.54. The minimum Gasteiger partial charge on any atom is -0.504 e. The van der Waals surface area contributed by atoms with Gasteiger partial charge in [-0.3, -0.25) is 4.79 Å². The van der Waals surface area contributed by atoms with Crippen LogP contribution in [0.1, 0.15) is 18.9 Å². The van der Waals surface area contributed by atoms with E-state index in [1.165, 1.54) is 19.2 Å². The molecule has 0 radical (unpaired) electrons. The van der Waals surface area contributed by atoms with E-state index in [9.17, 15) is 15.0 Å². The minimum absolute atomic E-state index is 0.116. The van der Waals surface area contributed by atoms with E-state index < -0.39 is 0 Å². The molecular weight excluding hydrogens is 234 g/mol. The maximum Gasteiger partial charge on any atom is 0.306 e. The van der Waals surface area contributed by atoms with E-state index in [0.717, 1.165) is 5.56 Å². The average molecular weight is 253 g/mol. The van der Waals surface area contributed by atoms with Crippen molar-refractivity contribution in [3.8, 4) is 11.5 Å². The number of carbonyl (C=O) groups is 1. The molecule has 1 aromatic carbocycles. The van der Waals surface area contributed by atoms with Gasteiger partial charge in [0, 0.05) is 12.6 Å². The van der Waals surface area contributed by atoms with Crippen molar-refractivity contribution in [1.82, 2.24) is 5.32 Å². The Labute approximate surface area is 106 Å². The number of rotatable bonds is 6. The number of benzene rings is 1. The van der Waals surface area contributed by atoms with Crippen molar-refractivity contribution in [1.29, 1.82) is 0 Å². The Balaban J connectivity index is 2.37. The Bertz CT molecular complexity index is 406. The van der Waals surface area contributed by atoms with Crippen molar-refractivity contribution in [2.75, 3.05) is 13.7 Å². The van der Waals surface area contributed by atoms with Crippen LogP contribution in [0.25, 0.3) is 0 Å². The molecule has 0 saturated heterocycles. The molecule has 0 fully saturated rings. The Kier molecular flexibility index (Phi) is 5.45. The van der Waals surface area contributed by atoms with Crippen molar-refractivity contribution in [3.63, 3.8) is 0 Å². The molecule has 0 aliphatic heterocycles. The standard InChI is InChI=1S/C13H19NO4/c1-9(14-6-5-13(17)18-2)7-10-3-4-11(15)12(16)8-10/h3-4,8-9,14-16H,5-7H2,1-2H3. The Morgan fingerprint density at radius 3 is 2.72 bits per heavy atom. The molecule has 5 nitrogen and oxygen atoms in total. The lowest BCUT2D eigenvalue weighted by atomic mass is 10.1. The van der Waals surface area contributed by atoms with E-state index in [1.54, 1.807) is 6.07 Å². The highest BCUT2D eigenvalue weighted by Crippen LogP contribution is 2.25. The molecule has 3 N–H and O–H groups in total. The van der Waals surface area contributed by atoms with Gasteiger partial charge < -0.3 is 20.3 Å². The molecule has 0 amide bonds. The fourth-order valence-corrected chi connectivity index (χ4v) is 1.64. The largest absolute Gasteiger partial charge is 0.504 e. The zero-order valence-electron chi connectivity index (χ0n) is 10.6. The second-order valence-electron chi connectivity index (χ2n) is 4.21. The highest BCUT2D eigenvalue weighted by atomic mass is 16.5. The van der Waals surface area contributed by atoms with Crippen molar-refractivity contribution >= 4 is 5.97 Å². The smallest absolute Gasteiger partial charge is 0.306 e. The van der Waals surface area contributed by atoms with Gasteiger partial charge in [0.05, 0.1) is 13.5 Å². The number of methoxy groups -OCH3 is 1. The summed E-state index contributed by atoms with van der Waals surface area (Å²) in [6.07, 6.45) is 1.04. The van der Waals surface area contributed by atoms with Crippen LogP contribution in [0.5, 0.6) is 11.5 Å². The van der Waals surface area contributed by atoms with Gasteiger partial charge in [-0.25, -0.2) is 0 Å². The fraction of sp³-hybridized carbons (Fsp3) is 0.462. The number of hydrogen-bond donors (Lipinski definition) is 3. The molecule has 18 heavy (non-hydrogen) atoms. The van der Waals surface area contributed by atoms with E-state index in [-0.39, 0.29) is 23.5 Å². The number of esters is 1. The summed E-state index contributed by atoms with van der Waals surface area (Å²) in [5, 5.41) is 21.7. The quantitative estimate of drug-likeness (QED) is 0.524. The van der Waals surface area contributed by atoms with Gasteiger partial charge in [0.2, 0.25) is 0 Å². The van der Waals surface area contributed by atoms with Crippen LogP contribution in [0.15, 0.2) is 18.2 Å². The summed E-state index contributed by atoms with van der Waals surface area (Å²) in [5.41, 5.74) is 0.920. The van der Waals surface area contributed by atoms with Crippen LogP contribution in [-0.2, 0) is 16.0 Å². The number of carbonyl (C=O) groups excluding carboxylic acids is 1. The molecule has 1 unspecified atom stereocenters. The average Bonchev–Trinajstić information content (AvgIpc) is 2.33. The van der Waals surface area contributed by atoms with Crippen LogP contribution < -0.4 is 5.32 Å². The van der Waals surface area contributed by atoms with Gasteiger partial charge >= 0.3 is 5.97 Å². The molecule has 0 aliphatic carbocycles. The van der Waals surface area contributed by atoms with E-state index in [4.69, 9.17) is 0 Å². The normalized spacial score (nSPS) is 12.1. The second kappa shape index (κ2) is 6.86. The lowest BCUT2D eigenvalue weighted by Gasteiger charge is -2.13. The number of ether oxygens (including phenoxy) is 1. The molecule has 0 bridgehead atoms. The zero-order valence-corrected chi connectivity index (χ0v) is 10.6. The first kappa shape index (κ1) is 14.3. The molecule has 1 atom stereocenters. The molecule has 0 saturated carbocycles. The van der Waals surface area contributed by atoms with Crippen LogP contribution >= 0.6 is 0 Å². The summed E-state index contributed by atoms with van der Waals surface area (Å²) in [6, 6.07) is 4.92. The van der Waals surface area contributed by atoms with Crippen molar-refractivity contribution in [2.45, 2.75) is 25.8 Å². The van der Waals surface area contributed by atoms with E-state index in [2.05, 4.69) is 10.1 Å². The molecule has 5 heteroatoms. The Morgan fingerprint density at radius 2 is 2.11 bits per heavy atom. The van der Waals surface area contributed by atoms with Crippen molar-refractivity contribution in [2.24, 2.45) is 0 Å². The van der Waals surface area contributed by atoms with Gasteiger partial charge in [-0.05, 0) is 31.0 Å². The third-order valence-electron chi connectivity index (χ3n) is 2.63. The van der Waals surface area contributed by atoms with Crippen molar-refractivity contribution < 1.29 is 19.7 Å². The molecule has 0 spiro atoms. The van der Waals surface area contributed by atoms with E-state index in [1.807, 2.05) is 6.92 Å². The molecular formula is C13H19NO4. The lowest BCUT2D eigenvalue weighted by Crippen LogP contribution is -2.30. The first-order valence-corrected chi connectivity index (χ1v) is 5.84. The maximum absolute atomic E-state index is 10.9. The summed E-state index contributed by atoms with van der Waals surface area (Å²) >= 11 is 0. The van der Waals surface area contributed by atoms with Crippen LogP contribution in [0.3, 0.4) is 0 Å². The molecule has 1 rings (SSSR count). The molecule has 1 aromatic rings. The van der Waals surface area contributed by atoms with Crippen molar-refractivity contribution in [3.05, 3.63) is 23.8 Å². The van der Waals surface area contributed by atoms with E-state index >= 15 is 0 Å². The zero-order chi connectivity index (χ0) is 13.5. The lowest BCUT2D eigenvalue weighted by molar-refractivity contribution is -0.140. The fourth-order valence-electron chi connectivity index (χ4n) is 1.64. The maximum atomic E-state index is 10.9. The van der Waals surface area contributed by atoms with Crippen LogP contribution in [0, 0.1) is 0 Å². The Hall–Kier alpha value is -1.75.